The lowest BCUT2D eigenvalue weighted by Gasteiger charge is -1.69. The largest absolute Gasteiger partial charge is 0.147 e. The van der Waals surface area contributed by atoms with Crippen molar-refractivity contribution in [2.45, 2.75) is 0 Å². The van der Waals surface area contributed by atoms with Gasteiger partial charge in [-0.1, -0.05) is 24.3 Å². The second-order valence-corrected chi connectivity index (χ2v) is 1.99. The van der Waals surface area contributed by atoms with Gasteiger partial charge in [-0.3, -0.25) is 0 Å². The van der Waals surface area contributed by atoms with Gasteiger partial charge in [-0.15, -0.1) is 36.6 Å². The van der Waals surface area contributed by atoms with E-state index in [1.165, 1.54) is 0 Å². The zero-order chi connectivity index (χ0) is 4.95. The first-order valence-electron chi connectivity index (χ1n) is 2.14. The maximum Gasteiger partial charge on any atom is -0.0248 e. The Hall–Kier alpha value is 0.150. The molecule has 3 heteroatoms. The summed E-state index contributed by atoms with van der Waals surface area (Å²) in [5.41, 5.74) is 0. The quantitative estimate of drug-likeness (QED) is 0.555. The van der Waals surface area contributed by atoms with E-state index in [0.717, 1.165) is 0 Å². The molecule has 0 aliphatic carbocycles. The van der Waals surface area contributed by atoms with Crippen molar-refractivity contribution in [2.24, 2.45) is 0 Å². The maximum absolute atomic E-state index is 2.04. The van der Waals surface area contributed by atoms with Crippen LogP contribution >= 0.6 is 36.6 Å². The SMILES string of the molecule is C1=CC=CSC=C1.Cl.Cl. The minimum Gasteiger partial charge on any atom is -0.147 e. The molecular weight excluding hydrogens is 175 g/mol. The van der Waals surface area contributed by atoms with Crippen LogP contribution in [0.2, 0.25) is 0 Å². The molecule has 0 N–H and O–H groups in total. The van der Waals surface area contributed by atoms with Crippen molar-refractivity contribution in [3.8, 4) is 0 Å². The number of hydrogen-bond acceptors (Lipinski definition) is 1. The van der Waals surface area contributed by atoms with Gasteiger partial charge in [0.05, 0.1) is 0 Å². The summed E-state index contributed by atoms with van der Waals surface area (Å²) >= 11 is 1.69. The molecule has 1 aliphatic heterocycles. The molecule has 9 heavy (non-hydrogen) atoms. The fraction of sp³-hybridized carbons (Fsp3) is 0. The van der Waals surface area contributed by atoms with Gasteiger partial charge < -0.3 is 0 Å². The Morgan fingerprint density at radius 1 is 0.667 bits per heavy atom. The van der Waals surface area contributed by atoms with Crippen molar-refractivity contribution in [1.29, 1.82) is 0 Å². The van der Waals surface area contributed by atoms with Crippen LogP contribution in [0.3, 0.4) is 0 Å². The number of rotatable bonds is 0. The van der Waals surface area contributed by atoms with Crippen LogP contribution in [0.25, 0.3) is 0 Å². The molecular formula is C6H8Cl2S. The lowest BCUT2D eigenvalue weighted by Crippen LogP contribution is -1.38. The van der Waals surface area contributed by atoms with Gasteiger partial charge in [0.15, 0.2) is 0 Å². The van der Waals surface area contributed by atoms with Crippen LogP contribution in [-0.4, -0.2) is 0 Å². The lowest BCUT2D eigenvalue weighted by atomic mass is 10.5. The smallest absolute Gasteiger partial charge is 0.0248 e. The second kappa shape index (κ2) is 8.15. The third-order valence-electron chi connectivity index (χ3n) is 0.648. The molecule has 1 aliphatic rings. The van der Waals surface area contributed by atoms with E-state index >= 15 is 0 Å². The summed E-state index contributed by atoms with van der Waals surface area (Å²) in [6, 6.07) is 0. The van der Waals surface area contributed by atoms with Crippen LogP contribution in [0.4, 0.5) is 0 Å². The molecule has 0 spiro atoms. The van der Waals surface area contributed by atoms with E-state index in [1.807, 2.05) is 35.1 Å². The topological polar surface area (TPSA) is 0 Å². The molecule has 1 rings (SSSR count). The van der Waals surface area contributed by atoms with E-state index in [-0.39, 0.29) is 24.8 Å². The van der Waals surface area contributed by atoms with Crippen LogP contribution in [0.1, 0.15) is 0 Å². The Kier molecular flexibility index (Phi) is 10.8. The molecule has 0 amide bonds. The third-order valence-corrected chi connectivity index (χ3v) is 1.28. The van der Waals surface area contributed by atoms with Crippen molar-refractivity contribution in [3.05, 3.63) is 35.1 Å². The van der Waals surface area contributed by atoms with Gasteiger partial charge in [0.2, 0.25) is 0 Å². The monoisotopic (exact) mass is 182 g/mol. The van der Waals surface area contributed by atoms with Gasteiger partial charge in [0.1, 0.15) is 0 Å². The van der Waals surface area contributed by atoms with Gasteiger partial charge >= 0.3 is 0 Å². The summed E-state index contributed by atoms with van der Waals surface area (Å²) in [5.74, 6) is 0. The highest BCUT2D eigenvalue weighted by Gasteiger charge is 1.70. The fourth-order valence-electron chi connectivity index (χ4n) is 0.355. The number of hydrogen-bond donors (Lipinski definition) is 0. The highest BCUT2D eigenvalue weighted by molar-refractivity contribution is 8.04. The minimum absolute atomic E-state index is 0. The first kappa shape index (κ1) is 11.9. The van der Waals surface area contributed by atoms with Gasteiger partial charge in [-0.2, -0.15) is 0 Å². The molecule has 0 saturated carbocycles. The Morgan fingerprint density at radius 3 is 1.56 bits per heavy atom. The van der Waals surface area contributed by atoms with E-state index in [2.05, 4.69) is 0 Å². The molecule has 0 radical (unpaired) electrons. The molecule has 0 atom stereocenters. The highest BCUT2D eigenvalue weighted by atomic mass is 35.5. The first-order valence-corrected chi connectivity index (χ1v) is 3.08. The number of allylic oxidation sites excluding steroid dienone is 4. The summed E-state index contributed by atoms with van der Waals surface area (Å²) in [7, 11) is 0. The molecule has 0 unspecified atom stereocenters. The van der Waals surface area contributed by atoms with Crippen molar-refractivity contribution < 1.29 is 0 Å². The van der Waals surface area contributed by atoms with Crippen LogP contribution in [0.5, 0.6) is 0 Å². The van der Waals surface area contributed by atoms with Crippen LogP contribution in [0, 0.1) is 0 Å². The van der Waals surface area contributed by atoms with E-state index in [4.69, 9.17) is 0 Å². The number of halogens is 2. The van der Waals surface area contributed by atoms with Crippen molar-refractivity contribution >= 4 is 36.6 Å². The normalized spacial score (nSPS) is 13.3. The minimum atomic E-state index is 0. The molecule has 0 aromatic rings. The summed E-state index contributed by atoms with van der Waals surface area (Å²) < 4.78 is 0. The van der Waals surface area contributed by atoms with Crippen molar-refractivity contribution in [3.63, 3.8) is 0 Å². The Labute approximate surface area is 71.9 Å². The Morgan fingerprint density at radius 2 is 1.11 bits per heavy atom. The summed E-state index contributed by atoms with van der Waals surface area (Å²) in [6.07, 6.45) is 8.06. The Balaban J connectivity index is 0. The van der Waals surface area contributed by atoms with Gasteiger partial charge in [0.25, 0.3) is 0 Å². The molecule has 0 aromatic carbocycles. The highest BCUT2D eigenvalue weighted by Crippen LogP contribution is 2.06. The number of thioether (sulfide) groups is 1. The zero-order valence-electron chi connectivity index (χ0n) is 4.69. The lowest BCUT2D eigenvalue weighted by molar-refractivity contribution is 1.98. The van der Waals surface area contributed by atoms with E-state index < -0.39 is 0 Å². The average molecular weight is 183 g/mol. The first-order chi connectivity index (χ1) is 3.50. The second-order valence-electron chi connectivity index (χ2n) is 1.18. The average Bonchev–Trinajstić information content (AvgIpc) is 1.90. The zero-order valence-corrected chi connectivity index (χ0v) is 7.14. The maximum atomic E-state index is 2.04. The van der Waals surface area contributed by atoms with Crippen LogP contribution in [0.15, 0.2) is 35.1 Å². The molecule has 0 fully saturated rings. The van der Waals surface area contributed by atoms with E-state index in [0.29, 0.717) is 0 Å². The van der Waals surface area contributed by atoms with Gasteiger partial charge in [-0.25, -0.2) is 0 Å². The van der Waals surface area contributed by atoms with Gasteiger partial charge in [-0.05, 0) is 10.8 Å². The predicted molar refractivity (Wildman–Crippen MR) is 49.5 cm³/mol. The molecule has 1 heterocycles. The van der Waals surface area contributed by atoms with E-state index in [1.54, 1.807) is 11.8 Å². The van der Waals surface area contributed by atoms with Crippen molar-refractivity contribution in [1.82, 2.24) is 0 Å². The Bertz CT molecular complexity index is 113. The molecule has 0 saturated heterocycles. The molecule has 0 bridgehead atoms. The molecule has 0 nitrogen and oxygen atoms in total. The molecule has 52 valence electrons. The summed E-state index contributed by atoms with van der Waals surface area (Å²) in [5, 5.41) is 4.08. The van der Waals surface area contributed by atoms with Crippen LogP contribution in [-0.2, 0) is 0 Å². The predicted octanol–water partition coefficient (Wildman–Crippen LogP) is 3.16. The van der Waals surface area contributed by atoms with Crippen molar-refractivity contribution in [2.75, 3.05) is 0 Å². The third kappa shape index (κ3) is 6.03. The van der Waals surface area contributed by atoms with Crippen LogP contribution < -0.4 is 0 Å². The summed E-state index contributed by atoms with van der Waals surface area (Å²) in [6.45, 7) is 0. The fourth-order valence-corrected chi connectivity index (χ4v) is 0.809. The molecule has 0 aromatic heterocycles. The van der Waals surface area contributed by atoms with E-state index in [9.17, 15) is 0 Å². The standard InChI is InChI=1S/C6H6S.2ClH/c1-2-4-6-7-5-3-1;;/h1-6H;2*1H. The summed E-state index contributed by atoms with van der Waals surface area (Å²) in [4.78, 5) is 0. The van der Waals surface area contributed by atoms with Gasteiger partial charge in [0, 0.05) is 0 Å².